The third-order valence-corrected chi connectivity index (χ3v) is 7.07. The topological polar surface area (TPSA) is 88.0 Å². The van der Waals surface area contributed by atoms with Gasteiger partial charge in [-0.1, -0.05) is 42.5 Å². The summed E-state index contributed by atoms with van der Waals surface area (Å²) in [5, 5.41) is 0. The van der Waals surface area contributed by atoms with Crippen LogP contribution >= 0.6 is 0 Å². The predicted octanol–water partition coefficient (Wildman–Crippen LogP) is 3.37. The second-order valence-corrected chi connectivity index (χ2v) is 9.24. The average molecular weight is 490 g/mol. The molecule has 0 saturated carbocycles. The van der Waals surface area contributed by atoms with E-state index in [1.54, 1.807) is 16.7 Å². The Kier molecular flexibility index (Phi) is 6.63. The highest BCUT2D eigenvalue weighted by Crippen LogP contribution is 2.37. The van der Waals surface area contributed by atoms with Gasteiger partial charge in [-0.3, -0.25) is 9.59 Å². The molecule has 36 heavy (non-hydrogen) atoms. The van der Waals surface area contributed by atoms with Crippen molar-refractivity contribution in [2.24, 2.45) is 0 Å². The molecule has 1 aromatic heterocycles. The molecule has 0 bridgehead atoms. The zero-order valence-corrected chi connectivity index (χ0v) is 20.7. The van der Waals surface area contributed by atoms with Crippen LogP contribution in [-0.2, 0) is 20.9 Å². The number of rotatable bonds is 5. The maximum Gasteiger partial charge on any atom is 0.409 e. The van der Waals surface area contributed by atoms with E-state index in [-0.39, 0.29) is 30.4 Å². The summed E-state index contributed by atoms with van der Waals surface area (Å²) < 4.78 is 7.03. The molecular weight excluding hydrogens is 458 g/mol. The van der Waals surface area contributed by atoms with Gasteiger partial charge in [0.15, 0.2) is 0 Å². The Hall–Kier alpha value is -3.88. The summed E-state index contributed by atoms with van der Waals surface area (Å²) in [6, 6.07) is 16.7. The van der Waals surface area contributed by atoms with Gasteiger partial charge in [-0.15, -0.1) is 0 Å². The molecule has 3 aromatic rings. The Balaban J connectivity index is 1.41. The van der Waals surface area contributed by atoms with E-state index in [0.717, 1.165) is 22.4 Å². The summed E-state index contributed by atoms with van der Waals surface area (Å²) in [5.74, 6) is 0.604. The number of hydrogen-bond donors (Lipinski definition) is 0. The van der Waals surface area contributed by atoms with Crippen molar-refractivity contribution in [2.75, 3.05) is 32.8 Å². The molecule has 3 amide bonds. The predicted molar refractivity (Wildman–Crippen MR) is 134 cm³/mol. The number of hydrogen-bond acceptors (Lipinski definition) is 5. The van der Waals surface area contributed by atoms with E-state index in [1.165, 1.54) is 0 Å². The minimum Gasteiger partial charge on any atom is -0.450 e. The molecule has 3 heterocycles. The number of imidazole rings is 1. The lowest BCUT2D eigenvalue weighted by molar-refractivity contribution is -0.145. The van der Waals surface area contributed by atoms with Gasteiger partial charge in [-0.25, -0.2) is 9.78 Å². The fourth-order valence-corrected chi connectivity index (χ4v) is 5.14. The van der Waals surface area contributed by atoms with Crippen molar-refractivity contribution in [2.45, 2.75) is 38.9 Å². The zero-order valence-electron chi connectivity index (χ0n) is 20.7. The van der Waals surface area contributed by atoms with Gasteiger partial charge in [-0.05, 0) is 31.5 Å². The third kappa shape index (κ3) is 4.41. The van der Waals surface area contributed by atoms with E-state index < -0.39 is 6.04 Å². The summed E-state index contributed by atoms with van der Waals surface area (Å²) in [4.78, 5) is 49.4. The molecule has 0 unspecified atom stereocenters. The van der Waals surface area contributed by atoms with Crippen molar-refractivity contribution < 1.29 is 19.1 Å². The molecule has 5 rings (SSSR count). The first-order chi connectivity index (χ1) is 17.5. The van der Waals surface area contributed by atoms with Crippen LogP contribution in [0.3, 0.4) is 0 Å². The van der Waals surface area contributed by atoms with Crippen LogP contribution in [0.1, 0.15) is 43.7 Å². The highest BCUT2D eigenvalue weighted by atomic mass is 16.6. The SMILES string of the molecule is CCOC(=O)N1CCN(C(=O)C[C@H]2C(=O)N(Cc3ccccc3)[C@H](C)c3nc4ccccc4n32)CC1. The molecule has 2 atom stereocenters. The molecule has 0 radical (unpaired) electrons. The second kappa shape index (κ2) is 10.0. The van der Waals surface area contributed by atoms with Crippen molar-refractivity contribution in [1.29, 1.82) is 0 Å². The molecule has 0 spiro atoms. The van der Waals surface area contributed by atoms with Gasteiger partial charge >= 0.3 is 6.09 Å². The molecule has 2 aliphatic rings. The highest BCUT2D eigenvalue weighted by Gasteiger charge is 2.41. The largest absolute Gasteiger partial charge is 0.450 e. The number of nitrogens with zero attached hydrogens (tertiary/aromatic N) is 5. The maximum atomic E-state index is 13.9. The monoisotopic (exact) mass is 489 g/mol. The normalized spacial score (nSPS) is 19.9. The Morgan fingerprint density at radius 3 is 2.36 bits per heavy atom. The molecule has 9 nitrogen and oxygen atoms in total. The minimum absolute atomic E-state index is 0.0452. The number of carbonyl (C=O) groups excluding carboxylic acids is 3. The number of fused-ring (bicyclic) bond motifs is 3. The highest BCUT2D eigenvalue weighted by molar-refractivity contribution is 5.91. The summed E-state index contributed by atoms with van der Waals surface area (Å²) in [6.45, 7) is 6.20. The lowest BCUT2D eigenvalue weighted by atomic mass is 10.0. The van der Waals surface area contributed by atoms with Gasteiger partial charge in [0.05, 0.1) is 30.1 Å². The van der Waals surface area contributed by atoms with E-state index in [4.69, 9.17) is 9.72 Å². The van der Waals surface area contributed by atoms with E-state index in [0.29, 0.717) is 39.3 Å². The lowest BCUT2D eigenvalue weighted by Crippen LogP contribution is -2.52. The molecule has 0 aliphatic carbocycles. The Labute approximate surface area is 210 Å². The molecule has 188 valence electrons. The van der Waals surface area contributed by atoms with Crippen LogP contribution in [0.5, 0.6) is 0 Å². The summed E-state index contributed by atoms with van der Waals surface area (Å²) in [6.07, 6.45) is -0.309. The Morgan fingerprint density at radius 2 is 1.64 bits per heavy atom. The van der Waals surface area contributed by atoms with Gasteiger partial charge in [-0.2, -0.15) is 0 Å². The fourth-order valence-electron chi connectivity index (χ4n) is 5.14. The molecule has 9 heteroatoms. The van der Waals surface area contributed by atoms with Crippen molar-refractivity contribution in [1.82, 2.24) is 24.3 Å². The zero-order chi connectivity index (χ0) is 25.2. The van der Waals surface area contributed by atoms with Crippen molar-refractivity contribution >= 4 is 28.9 Å². The first-order valence-electron chi connectivity index (χ1n) is 12.5. The number of carbonyl (C=O) groups is 3. The lowest BCUT2D eigenvalue weighted by Gasteiger charge is -2.40. The Morgan fingerprint density at radius 1 is 0.972 bits per heavy atom. The van der Waals surface area contributed by atoms with Gasteiger partial charge < -0.3 is 24.0 Å². The van der Waals surface area contributed by atoms with Crippen LogP contribution in [0.15, 0.2) is 54.6 Å². The third-order valence-electron chi connectivity index (χ3n) is 7.07. The van der Waals surface area contributed by atoms with Gasteiger partial charge in [0.1, 0.15) is 11.9 Å². The number of aromatic nitrogens is 2. The molecule has 2 aromatic carbocycles. The number of benzene rings is 2. The van der Waals surface area contributed by atoms with Crippen molar-refractivity contribution in [3.05, 3.63) is 66.0 Å². The maximum absolute atomic E-state index is 13.9. The van der Waals surface area contributed by atoms with Gasteiger partial charge in [0.25, 0.3) is 0 Å². The van der Waals surface area contributed by atoms with Crippen LogP contribution in [0.2, 0.25) is 0 Å². The van der Waals surface area contributed by atoms with Crippen LogP contribution in [0.4, 0.5) is 4.79 Å². The minimum atomic E-state index is -0.678. The number of amides is 3. The molecule has 1 fully saturated rings. The molecule has 0 N–H and O–H groups in total. The van der Waals surface area contributed by atoms with Crippen LogP contribution in [0, 0.1) is 0 Å². The van der Waals surface area contributed by atoms with Gasteiger partial charge in [0, 0.05) is 32.7 Å². The van der Waals surface area contributed by atoms with Crippen LogP contribution in [-0.4, -0.2) is 74.9 Å². The quantitative estimate of drug-likeness (QED) is 0.548. The summed E-state index contributed by atoms with van der Waals surface area (Å²) in [7, 11) is 0. The van der Waals surface area contributed by atoms with Crippen LogP contribution in [0.25, 0.3) is 11.0 Å². The molecule has 2 aliphatic heterocycles. The standard InChI is InChI=1S/C27H31N5O4/c1-3-36-27(35)30-15-13-29(14-16-30)24(33)17-23-26(34)31(18-20-9-5-4-6-10-20)19(2)25-28-21-11-7-8-12-22(21)32(23)25/h4-12,19,23H,3,13-18H2,1-2H3/t19-,23+/m1/s1. The smallest absolute Gasteiger partial charge is 0.409 e. The molecular formula is C27H31N5O4. The molecule has 1 saturated heterocycles. The van der Waals surface area contributed by atoms with E-state index in [9.17, 15) is 14.4 Å². The number of ether oxygens (including phenoxy) is 1. The average Bonchev–Trinajstić information content (AvgIpc) is 3.29. The van der Waals surface area contributed by atoms with Crippen molar-refractivity contribution in [3.63, 3.8) is 0 Å². The second-order valence-electron chi connectivity index (χ2n) is 9.24. The Bertz CT molecular complexity index is 1270. The van der Waals surface area contributed by atoms with E-state index >= 15 is 0 Å². The summed E-state index contributed by atoms with van der Waals surface area (Å²) >= 11 is 0. The number of para-hydroxylation sites is 2. The summed E-state index contributed by atoms with van der Waals surface area (Å²) in [5.41, 5.74) is 2.70. The van der Waals surface area contributed by atoms with Crippen LogP contribution < -0.4 is 0 Å². The number of piperazine rings is 1. The van der Waals surface area contributed by atoms with Gasteiger partial charge in [0.2, 0.25) is 11.8 Å². The fraction of sp³-hybridized carbons (Fsp3) is 0.407. The first-order valence-corrected chi connectivity index (χ1v) is 12.5. The first kappa shape index (κ1) is 23.8. The van der Waals surface area contributed by atoms with E-state index in [1.807, 2.05) is 71.0 Å². The van der Waals surface area contributed by atoms with Crippen molar-refractivity contribution in [3.8, 4) is 0 Å². The van der Waals surface area contributed by atoms with E-state index in [2.05, 4.69) is 0 Å².